The molecule has 1 aliphatic heterocycles. The van der Waals surface area contributed by atoms with Crippen molar-refractivity contribution < 1.29 is 4.79 Å². The molecule has 2 heterocycles. The molecule has 0 spiro atoms. The number of thioether (sulfide) groups is 1. The van der Waals surface area contributed by atoms with Gasteiger partial charge in [0.15, 0.2) is 5.16 Å². The lowest BCUT2D eigenvalue weighted by atomic mass is 10.1. The lowest BCUT2D eigenvalue weighted by molar-refractivity contribution is -0.121. The summed E-state index contributed by atoms with van der Waals surface area (Å²) in [6.07, 6.45) is 5.49. The molecular formula is C24H34N4O2S. The number of carbonyl (C=O) groups is 1. The second kappa shape index (κ2) is 12.1. The summed E-state index contributed by atoms with van der Waals surface area (Å²) < 4.78 is 1.65. The van der Waals surface area contributed by atoms with Crippen molar-refractivity contribution in [2.45, 2.75) is 50.6 Å². The van der Waals surface area contributed by atoms with Crippen LogP contribution in [0.3, 0.4) is 0 Å². The number of amides is 1. The average Bonchev–Trinajstić information content (AvgIpc) is 3.28. The fourth-order valence-electron chi connectivity index (χ4n) is 3.86. The van der Waals surface area contributed by atoms with Gasteiger partial charge in [-0.1, -0.05) is 42.1 Å². The first kappa shape index (κ1) is 23.5. The Morgan fingerprint density at radius 2 is 1.90 bits per heavy atom. The van der Waals surface area contributed by atoms with E-state index in [4.69, 9.17) is 0 Å². The maximum absolute atomic E-state index is 12.8. The van der Waals surface area contributed by atoms with Crippen LogP contribution in [0.15, 0.2) is 40.3 Å². The molecule has 31 heavy (non-hydrogen) atoms. The zero-order chi connectivity index (χ0) is 22.1. The monoisotopic (exact) mass is 442 g/mol. The number of unbranched alkanes of at least 4 members (excludes halogenated alkanes) is 1. The molecule has 0 saturated carbocycles. The van der Waals surface area contributed by atoms with Crippen LogP contribution in [0.5, 0.6) is 0 Å². The Morgan fingerprint density at radius 1 is 1.16 bits per heavy atom. The van der Waals surface area contributed by atoms with Gasteiger partial charge in [0.05, 0.1) is 0 Å². The van der Waals surface area contributed by atoms with Gasteiger partial charge in [-0.05, 0) is 51.3 Å². The molecule has 1 aromatic carbocycles. The molecule has 168 valence electrons. The van der Waals surface area contributed by atoms with E-state index in [0.29, 0.717) is 12.8 Å². The Bertz CT molecular complexity index is 908. The summed E-state index contributed by atoms with van der Waals surface area (Å²) in [5, 5.41) is 3.77. The maximum atomic E-state index is 12.8. The highest BCUT2D eigenvalue weighted by molar-refractivity contribution is 7.99. The van der Waals surface area contributed by atoms with Gasteiger partial charge in [-0.2, -0.15) is 0 Å². The second-order valence-corrected chi connectivity index (χ2v) is 9.25. The number of aromatic nitrogens is 2. The van der Waals surface area contributed by atoms with Crippen LogP contribution in [0, 0.1) is 6.92 Å². The summed E-state index contributed by atoms with van der Waals surface area (Å²) in [5.74, 6) is 0.981. The van der Waals surface area contributed by atoms with E-state index in [-0.39, 0.29) is 11.5 Å². The molecule has 6 nitrogen and oxygen atoms in total. The molecule has 3 rings (SSSR count). The minimum Gasteiger partial charge on any atom is -0.355 e. The SMILES string of the molecule is Cc1nc(SCCCCC(=O)NCCN2CCCC2)n(C)c(=O)c1Cc1ccccc1. The first-order valence-electron chi connectivity index (χ1n) is 11.3. The first-order valence-corrected chi connectivity index (χ1v) is 12.3. The highest BCUT2D eigenvalue weighted by atomic mass is 32.2. The topological polar surface area (TPSA) is 67.2 Å². The summed E-state index contributed by atoms with van der Waals surface area (Å²) >= 11 is 1.59. The van der Waals surface area contributed by atoms with Crippen molar-refractivity contribution >= 4 is 17.7 Å². The van der Waals surface area contributed by atoms with Gasteiger partial charge in [0, 0.05) is 50.0 Å². The average molecular weight is 443 g/mol. The molecule has 7 heteroatoms. The fourth-order valence-corrected chi connectivity index (χ4v) is 4.87. The van der Waals surface area contributed by atoms with Gasteiger partial charge in [0.2, 0.25) is 5.91 Å². The van der Waals surface area contributed by atoms with Crippen LogP contribution in [0.4, 0.5) is 0 Å². The molecular weight excluding hydrogens is 408 g/mol. The third-order valence-electron chi connectivity index (χ3n) is 5.75. The molecule has 0 bridgehead atoms. The lowest BCUT2D eigenvalue weighted by Crippen LogP contribution is -2.33. The van der Waals surface area contributed by atoms with Crippen molar-refractivity contribution in [3.8, 4) is 0 Å². The third kappa shape index (κ3) is 7.21. The predicted octanol–water partition coefficient (Wildman–Crippen LogP) is 3.15. The van der Waals surface area contributed by atoms with E-state index in [1.165, 1.54) is 12.8 Å². The molecule has 2 aromatic rings. The van der Waals surface area contributed by atoms with Crippen LogP contribution in [0.2, 0.25) is 0 Å². The van der Waals surface area contributed by atoms with Crippen molar-refractivity contribution in [3.05, 3.63) is 57.5 Å². The number of hydrogen-bond acceptors (Lipinski definition) is 5. The molecule has 0 radical (unpaired) electrons. The molecule has 1 aliphatic rings. The van der Waals surface area contributed by atoms with Crippen molar-refractivity contribution in [2.24, 2.45) is 7.05 Å². The van der Waals surface area contributed by atoms with E-state index in [9.17, 15) is 9.59 Å². The number of likely N-dealkylation sites (tertiary alicyclic amines) is 1. The number of nitrogens with zero attached hydrogens (tertiary/aromatic N) is 3. The van der Waals surface area contributed by atoms with Gasteiger partial charge < -0.3 is 10.2 Å². The van der Waals surface area contributed by atoms with E-state index in [2.05, 4.69) is 15.2 Å². The molecule has 0 unspecified atom stereocenters. The zero-order valence-electron chi connectivity index (χ0n) is 18.7. The number of carbonyl (C=O) groups excluding carboxylic acids is 1. The van der Waals surface area contributed by atoms with E-state index in [1.54, 1.807) is 23.4 Å². The van der Waals surface area contributed by atoms with Gasteiger partial charge in [-0.25, -0.2) is 4.98 Å². The molecule has 1 aromatic heterocycles. The molecule has 0 aliphatic carbocycles. The van der Waals surface area contributed by atoms with Crippen molar-refractivity contribution in [1.82, 2.24) is 19.8 Å². The lowest BCUT2D eigenvalue weighted by Gasteiger charge is -2.14. The summed E-state index contributed by atoms with van der Waals surface area (Å²) in [7, 11) is 1.79. The summed E-state index contributed by atoms with van der Waals surface area (Å²) in [6.45, 7) is 5.94. The summed E-state index contributed by atoms with van der Waals surface area (Å²) in [5.41, 5.74) is 2.69. The van der Waals surface area contributed by atoms with Gasteiger partial charge >= 0.3 is 0 Å². The van der Waals surface area contributed by atoms with Crippen molar-refractivity contribution in [3.63, 3.8) is 0 Å². The Labute approximate surface area is 189 Å². The Hall–Kier alpha value is -2.12. The number of rotatable bonds is 11. The smallest absolute Gasteiger partial charge is 0.257 e. The Kier molecular flexibility index (Phi) is 9.15. The zero-order valence-corrected chi connectivity index (χ0v) is 19.5. The summed E-state index contributed by atoms with van der Waals surface area (Å²) in [6, 6.07) is 10.0. The van der Waals surface area contributed by atoms with Gasteiger partial charge in [-0.15, -0.1) is 0 Å². The van der Waals surface area contributed by atoms with Crippen LogP contribution in [-0.4, -0.2) is 52.3 Å². The number of hydrogen-bond donors (Lipinski definition) is 1. The van der Waals surface area contributed by atoms with Gasteiger partial charge in [0.25, 0.3) is 5.56 Å². The molecule has 1 N–H and O–H groups in total. The predicted molar refractivity (Wildman–Crippen MR) is 127 cm³/mol. The van der Waals surface area contributed by atoms with Gasteiger partial charge in [0.1, 0.15) is 0 Å². The van der Waals surface area contributed by atoms with E-state index >= 15 is 0 Å². The van der Waals surface area contributed by atoms with E-state index in [1.807, 2.05) is 37.3 Å². The standard InChI is InChI=1S/C24H34N4O2S/c1-19-21(18-20-10-4-3-5-11-20)23(30)27(2)24(26-19)31-17-9-6-12-22(29)25-13-16-28-14-7-8-15-28/h3-5,10-11H,6-9,12-18H2,1-2H3,(H,25,29). The quantitative estimate of drug-likeness (QED) is 0.329. The second-order valence-electron chi connectivity index (χ2n) is 8.19. The van der Waals surface area contributed by atoms with Crippen LogP contribution in [0.1, 0.15) is 48.9 Å². The van der Waals surface area contributed by atoms with Crippen LogP contribution in [-0.2, 0) is 18.3 Å². The van der Waals surface area contributed by atoms with Crippen molar-refractivity contribution in [2.75, 3.05) is 31.9 Å². The fraction of sp³-hybridized carbons (Fsp3) is 0.542. The molecule has 1 saturated heterocycles. The van der Waals surface area contributed by atoms with Crippen LogP contribution >= 0.6 is 11.8 Å². The molecule has 1 amide bonds. The maximum Gasteiger partial charge on any atom is 0.257 e. The van der Waals surface area contributed by atoms with E-state index in [0.717, 1.165) is 66.8 Å². The van der Waals surface area contributed by atoms with E-state index < -0.39 is 0 Å². The number of nitrogens with one attached hydrogen (secondary N) is 1. The third-order valence-corrected chi connectivity index (χ3v) is 6.87. The van der Waals surface area contributed by atoms with Crippen LogP contribution in [0.25, 0.3) is 0 Å². The highest BCUT2D eigenvalue weighted by Crippen LogP contribution is 2.18. The summed E-state index contributed by atoms with van der Waals surface area (Å²) in [4.78, 5) is 31.9. The first-order chi connectivity index (χ1) is 15.0. The molecule has 1 fully saturated rings. The minimum atomic E-state index is 0.0243. The molecule has 0 atom stereocenters. The number of benzene rings is 1. The number of aryl methyl sites for hydroxylation is 1. The normalized spacial score (nSPS) is 14.1. The minimum absolute atomic E-state index is 0.0243. The van der Waals surface area contributed by atoms with Gasteiger partial charge in [-0.3, -0.25) is 14.2 Å². The Balaban J connectivity index is 1.40. The van der Waals surface area contributed by atoms with Crippen LogP contribution < -0.4 is 10.9 Å². The largest absolute Gasteiger partial charge is 0.355 e. The van der Waals surface area contributed by atoms with Crippen molar-refractivity contribution in [1.29, 1.82) is 0 Å². The highest BCUT2D eigenvalue weighted by Gasteiger charge is 2.13. The Morgan fingerprint density at radius 3 is 2.65 bits per heavy atom.